The summed E-state index contributed by atoms with van der Waals surface area (Å²) in [6, 6.07) is 5.82. The highest BCUT2D eigenvalue weighted by molar-refractivity contribution is 14.0. The van der Waals surface area contributed by atoms with Gasteiger partial charge in [0.2, 0.25) is 5.91 Å². The first-order valence-electron chi connectivity index (χ1n) is 8.44. The van der Waals surface area contributed by atoms with E-state index in [9.17, 15) is 4.79 Å². The number of nitrogens with zero attached hydrogens (tertiary/aromatic N) is 2. The third-order valence-corrected chi connectivity index (χ3v) is 4.08. The molecule has 2 rings (SSSR count). The molecular formula is C17H28IN5O. The first kappa shape index (κ1) is 20.7. The van der Waals surface area contributed by atoms with Gasteiger partial charge in [-0.3, -0.25) is 14.8 Å². The van der Waals surface area contributed by atoms with E-state index in [4.69, 9.17) is 5.73 Å². The Hall–Kier alpha value is -1.38. The number of nitrogens with one attached hydrogen (secondary N) is 2. The maximum Gasteiger partial charge on any atom is 0.220 e. The molecule has 1 aliphatic carbocycles. The third-order valence-electron chi connectivity index (χ3n) is 4.08. The monoisotopic (exact) mass is 445 g/mol. The number of rotatable bonds is 8. The molecule has 0 unspecified atom stereocenters. The average molecular weight is 445 g/mol. The van der Waals surface area contributed by atoms with E-state index in [1.165, 1.54) is 25.7 Å². The van der Waals surface area contributed by atoms with Gasteiger partial charge in [0.1, 0.15) is 0 Å². The minimum Gasteiger partial charge on any atom is -0.370 e. The van der Waals surface area contributed by atoms with Gasteiger partial charge in [-0.2, -0.15) is 0 Å². The molecule has 1 heterocycles. The van der Waals surface area contributed by atoms with Gasteiger partial charge < -0.3 is 16.4 Å². The average Bonchev–Trinajstić information content (AvgIpc) is 3.05. The van der Waals surface area contributed by atoms with Crippen LogP contribution in [0.3, 0.4) is 0 Å². The van der Waals surface area contributed by atoms with Crippen LogP contribution in [0.5, 0.6) is 0 Å². The van der Waals surface area contributed by atoms with Crippen LogP contribution in [0.15, 0.2) is 29.4 Å². The van der Waals surface area contributed by atoms with Crippen molar-refractivity contribution in [3.8, 4) is 0 Å². The number of guanidine groups is 1. The van der Waals surface area contributed by atoms with Crippen molar-refractivity contribution in [2.24, 2.45) is 16.6 Å². The van der Waals surface area contributed by atoms with Crippen LogP contribution in [0.1, 0.15) is 37.8 Å². The summed E-state index contributed by atoms with van der Waals surface area (Å²) < 4.78 is 0. The zero-order chi connectivity index (χ0) is 16.3. The molecule has 6 nitrogen and oxygen atoms in total. The molecule has 0 aromatic carbocycles. The minimum absolute atomic E-state index is 0. The number of carbonyl (C=O) groups is 1. The van der Waals surface area contributed by atoms with Crippen molar-refractivity contribution < 1.29 is 4.79 Å². The zero-order valence-corrected chi connectivity index (χ0v) is 16.4. The fraction of sp³-hybridized carbons (Fsp3) is 0.588. The molecule has 7 heteroatoms. The smallest absolute Gasteiger partial charge is 0.220 e. The number of hydrogen-bond donors (Lipinski definition) is 3. The molecule has 1 saturated carbocycles. The van der Waals surface area contributed by atoms with Crippen LogP contribution < -0.4 is 16.4 Å². The molecule has 1 aliphatic rings. The third kappa shape index (κ3) is 8.47. The first-order valence-corrected chi connectivity index (χ1v) is 8.44. The Labute approximate surface area is 161 Å². The molecule has 0 bridgehead atoms. The largest absolute Gasteiger partial charge is 0.370 e. The molecule has 134 valence electrons. The van der Waals surface area contributed by atoms with Crippen LogP contribution in [0.4, 0.5) is 0 Å². The maximum atomic E-state index is 11.8. The van der Waals surface area contributed by atoms with Gasteiger partial charge in [0, 0.05) is 44.4 Å². The van der Waals surface area contributed by atoms with Crippen LogP contribution in [0.25, 0.3) is 0 Å². The van der Waals surface area contributed by atoms with E-state index in [2.05, 4.69) is 20.6 Å². The lowest BCUT2D eigenvalue weighted by Crippen LogP contribution is -2.38. The summed E-state index contributed by atoms with van der Waals surface area (Å²) >= 11 is 0. The van der Waals surface area contributed by atoms with E-state index in [0.717, 1.165) is 12.1 Å². The van der Waals surface area contributed by atoms with E-state index < -0.39 is 0 Å². The molecule has 0 atom stereocenters. The molecule has 1 fully saturated rings. The Morgan fingerprint density at radius 3 is 2.71 bits per heavy atom. The van der Waals surface area contributed by atoms with E-state index in [-0.39, 0.29) is 29.9 Å². The predicted molar refractivity (Wildman–Crippen MR) is 107 cm³/mol. The molecule has 4 N–H and O–H groups in total. The summed E-state index contributed by atoms with van der Waals surface area (Å²) in [7, 11) is 0. The normalized spacial score (nSPS) is 14.9. The highest BCUT2D eigenvalue weighted by atomic mass is 127. The zero-order valence-electron chi connectivity index (χ0n) is 14.0. The van der Waals surface area contributed by atoms with Crippen molar-refractivity contribution in [3.05, 3.63) is 30.1 Å². The van der Waals surface area contributed by atoms with Crippen molar-refractivity contribution >= 4 is 35.8 Å². The summed E-state index contributed by atoms with van der Waals surface area (Å²) in [5, 5.41) is 5.94. The van der Waals surface area contributed by atoms with Crippen LogP contribution in [-0.2, 0) is 11.2 Å². The standard InChI is InChI=1S/C17H27N5O.HI/c18-17(21-10-8-15-7-3-4-9-19-15)22-12-11-20-16(23)13-14-5-1-2-6-14;/h3-4,7,9,14H,1-2,5-6,8,10-13H2,(H,20,23)(H3,18,21,22);1H. The quantitative estimate of drug-likeness (QED) is 0.247. The highest BCUT2D eigenvalue weighted by Gasteiger charge is 2.17. The second-order valence-corrected chi connectivity index (χ2v) is 5.97. The van der Waals surface area contributed by atoms with Crippen molar-refractivity contribution in [1.29, 1.82) is 0 Å². The number of hydrogen-bond acceptors (Lipinski definition) is 3. The number of nitrogens with two attached hydrogens (primary N) is 1. The lowest BCUT2D eigenvalue weighted by molar-refractivity contribution is -0.121. The number of carbonyl (C=O) groups excluding carboxylic acids is 1. The summed E-state index contributed by atoms with van der Waals surface area (Å²) in [4.78, 5) is 20.2. The fourth-order valence-corrected chi connectivity index (χ4v) is 2.83. The Morgan fingerprint density at radius 2 is 2.00 bits per heavy atom. The molecular weight excluding hydrogens is 417 g/mol. The SMILES string of the molecule is I.NC(=NCCc1ccccn1)NCCNC(=O)CC1CCCC1. The van der Waals surface area contributed by atoms with E-state index >= 15 is 0 Å². The van der Waals surface area contributed by atoms with Gasteiger partial charge in [-0.25, -0.2) is 0 Å². The van der Waals surface area contributed by atoms with Gasteiger partial charge >= 0.3 is 0 Å². The van der Waals surface area contributed by atoms with Crippen molar-refractivity contribution in [1.82, 2.24) is 15.6 Å². The van der Waals surface area contributed by atoms with Crippen molar-refractivity contribution in [3.63, 3.8) is 0 Å². The van der Waals surface area contributed by atoms with E-state index in [1.54, 1.807) is 6.20 Å². The summed E-state index contributed by atoms with van der Waals surface area (Å²) in [6.45, 7) is 1.77. The van der Waals surface area contributed by atoms with E-state index in [1.807, 2.05) is 18.2 Å². The molecule has 0 spiro atoms. The summed E-state index contributed by atoms with van der Waals surface area (Å²) in [5.41, 5.74) is 6.80. The maximum absolute atomic E-state index is 11.8. The van der Waals surface area contributed by atoms with Gasteiger partial charge in [-0.15, -0.1) is 24.0 Å². The topological polar surface area (TPSA) is 92.4 Å². The Kier molecular flexibility index (Phi) is 10.4. The Morgan fingerprint density at radius 1 is 1.25 bits per heavy atom. The van der Waals surface area contributed by atoms with Gasteiger partial charge in [0.25, 0.3) is 0 Å². The van der Waals surface area contributed by atoms with Crippen LogP contribution in [-0.4, -0.2) is 36.5 Å². The van der Waals surface area contributed by atoms with Crippen LogP contribution in [0, 0.1) is 5.92 Å². The number of aliphatic imine (C=N–C) groups is 1. The molecule has 24 heavy (non-hydrogen) atoms. The van der Waals surface area contributed by atoms with Gasteiger partial charge in [-0.1, -0.05) is 18.9 Å². The lowest BCUT2D eigenvalue weighted by Gasteiger charge is -2.10. The van der Waals surface area contributed by atoms with Gasteiger partial charge in [-0.05, 0) is 30.9 Å². The van der Waals surface area contributed by atoms with Gasteiger partial charge in [0.05, 0.1) is 0 Å². The number of pyridine rings is 1. The van der Waals surface area contributed by atoms with Crippen LogP contribution >= 0.6 is 24.0 Å². The molecule has 0 aliphatic heterocycles. The summed E-state index contributed by atoms with van der Waals surface area (Å²) in [5.74, 6) is 1.14. The van der Waals surface area contributed by atoms with Crippen molar-refractivity contribution in [2.75, 3.05) is 19.6 Å². The Bertz CT molecular complexity index is 503. The number of halogens is 1. The van der Waals surface area contributed by atoms with Gasteiger partial charge in [0.15, 0.2) is 5.96 Å². The Balaban J connectivity index is 0.00000288. The minimum atomic E-state index is 0. The summed E-state index contributed by atoms with van der Waals surface area (Å²) in [6.07, 6.45) is 8.13. The molecule has 0 radical (unpaired) electrons. The second kappa shape index (κ2) is 12.0. The second-order valence-electron chi connectivity index (χ2n) is 5.97. The fourth-order valence-electron chi connectivity index (χ4n) is 2.83. The number of aromatic nitrogens is 1. The molecule has 1 amide bonds. The molecule has 0 saturated heterocycles. The molecule has 1 aromatic rings. The van der Waals surface area contributed by atoms with Crippen molar-refractivity contribution in [2.45, 2.75) is 38.5 Å². The highest BCUT2D eigenvalue weighted by Crippen LogP contribution is 2.27. The lowest BCUT2D eigenvalue weighted by atomic mass is 10.0. The molecule has 1 aromatic heterocycles. The van der Waals surface area contributed by atoms with E-state index in [0.29, 0.717) is 37.9 Å². The van der Waals surface area contributed by atoms with Crippen LogP contribution in [0.2, 0.25) is 0 Å². The number of amides is 1. The predicted octanol–water partition coefficient (Wildman–Crippen LogP) is 1.84. The first-order chi connectivity index (χ1) is 11.2.